The van der Waals surface area contributed by atoms with Gasteiger partial charge in [0.05, 0.1) is 0 Å². The second kappa shape index (κ2) is 4.24. The molecule has 0 aliphatic carbocycles. The van der Waals surface area contributed by atoms with Crippen LogP contribution in [0.4, 0.5) is 13.2 Å². The highest BCUT2D eigenvalue weighted by atomic mass is 35.5. The largest absolute Gasteiger partial charge is 0.426 e. The smallest absolute Gasteiger partial charge is 0.165 e. The molecule has 0 spiro atoms. The van der Waals surface area contributed by atoms with Gasteiger partial charge in [-0.2, -0.15) is 13.2 Å². The van der Waals surface area contributed by atoms with Crippen LogP contribution in [0.5, 0.6) is 0 Å². The first-order valence-corrected chi connectivity index (χ1v) is 4.35. The molecule has 1 aromatic rings. The highest BCUT2D eigenvalue weighted by Gasteiger charge is 2.32. The molecule has 0 nitrogen and oxygen atoms in total. The molecule has 1 rings (SSSR count). The molecule has 0 N–H and O–H groups in total. The highest BCUT2D eigenvalue weighted by molar-refractivity contribution is 6.32. The Labute approximate surface area is 88.9 Å². The quantitative estimate of drug-likeness (QED) is 0.679. The lowest BCUT2D eigenvalue weighted by atomic mass is 10.2. The average Bonchev–Trinajstić information content (AvgIpc) is 2.02. The third-order valence-electron chi connectivity index (χ3n) is 1.41. The maximum Gasteiger partial charge on any atom is 0.426 e. The molecule has 0 unspecified atom stereocenters. The lowest BCUT2D eigenvalue weighted by Gasteiger charge is -2.03. The predicted molar refractivity (Wildman–Crippen MR) is 51.3 cm³/mol. The summed E-state index contributed by atoms with van der Waals surface area (Å²) in [5.74, 6) is 0. The number of alkyl halides is 3. The molecule has 5 heteroatoms. The summed E-state index contributed by atoms with van der Waals surface area (Å²) in [6, 6.07) is 6.00. The molecule has 0 aliphatic heterocycles. The predicted octanol–water partition coefficient (Wildman–Crippen LogP) is 4.48. The van der Waals surface area contributed by atoms with Gasteiger partial charge < -0.3 is 0 Å². The summed E-state index contributed by atoms with van der Waals surface area (Å²) in [5.41, 5.74) is 0.319. The molecule has 0 radical (unpaired) electrons. The molecule has 0 heterocycles. The van der Waals surface area contributed by atoms with Crippen LogP contribution in [-0.4, -0.2) is 6.18 Å². The van der Waals surface area contributed by atoms with Crippen molar-refractivity contribution in [2.24, 2.45) is 0 Å². The number of rotatable bonds is 1. The molecule has 76 valence electrons. The fraction of sp³-hybridized carbons (Fsp3) is 0.111. The van der Waals surface area contributed by atoms with E-state index in [1.807, 2.05) is 0 Å². The summed E-state index contributed by atoms with van der Waals surface area (Å²) in [6.45, 7) is 0. The van der Waals surface area contributed by atoms with Crippen molar-refractivity contribution in [1.82, 2.24) is 0 Å². The molecular weight excluding hydrogens is 236 g/mol. The van der Waals surface area contributed by atoms with Crippen molar-refractivity contribution >= 4 is 29.3 Å². The fourth-order valence-electron chi connectivity index (χ4n) is 0.825. The van der Waals surface area contributed by atoms with Gasteiger partial charge in [-0.05, 0) is 23.8 Å². The topological polar surface area (TPSA) is 0 Å². The summed E-state index contributed by atoms with van der Waals surface area (Å²) < 4.78 is 36.0. The third-order valence-corrected chi connectivity index (χ3v) is 1.97. The van der Waals surface area contributed by atoms with Gasteiger partial charge in [0.25, 0.3) is 0 Å². The molecule has 0 fully saturated rings. The maximum atomic E-state index is 12.0. The zero-order valence-electron chi connectivity index (χ0n) is 6.78. The number of hydrogen-bond donors (Lipinski definition) is 0. The zero-order valence-corrected chi connectivity index (χ0v) is 8.29. The monoisotopic (exact) mass is 240 g/mol. The number of benzene rings is 1. The van der Waals surface area contributed by atoms with Crippen molar-refractivity contribution in [2.75, 3.05) is 0 Å². The summed E-state index contributed by atoms with van der Waals surface area (Å²) in [5, 5.41) is -0.801. The van der Waals surface area contributed by atoms with Gasteiger partial charge in [0.1, 0.15) is 5.03 Å². The van der Waals surface area contributed by atoms with E-state index in [0.29, 0.717) is 10.6 Å². The first-order chi connectivity index (χ1) is 6.39. The Morgan fingerprint density at radius 2 is 1.93 bits per heavy atom. The Morgan fingerprint density at radius 1 is 1.29 bits per heavy atom. The minimum Gasteiger partial charge on any atom is -0.165 e. The van der Waals surface area contributed by atoms with Crippen LogP contribution in [-0.2, 0) is 0 Å². The minimum absolute atomic E-state index is 0.319. The van der Waals surface area contributed by atoms with Gasteiger partial charge in [-0.1, -0.05) is 35.3 Å². The lowest BCUT2D eigenvalue weighted by Crippen LogP contribution is -2.06. The summed E-state index contributed by atoms with van der Waals surface area (Å²) in [6.07, 6.45) is -3.68. The van der Waals surface area contributed by atoms with Crippen molar-refractivity contribution in [1.29, 1.82) is 0 Å². The number of hydrogen-bond acceptors (Lipinski definition) is 0. The van der Waals surface area contributed by atoms with Crippen LogP contribution in [0.25, 0.3) is 6.08 Å². The van der Waals surface area contributed by atoms with Gasteiger partial charge >= 0.3 is 6.18 Å². The van der Waals surface area contributed by atoms with E-state index >= 15 is 0 Å². The Bertz CT molecular complexity index is 355. The zero-order chi connectivity index (χ0) is 10.8. The Balaban J connectivity index is 2.98. The Hall–Kier alpha value is -0.670. The SMILES string of the molecule is FC(F)(F)/C(Cl)=C\c1cccc(Cl)c1. The molecule has 0 atom stereocenters. The molecule has 0 aromatic heterocycles. The second-order valence-corrected chi connectivity index (χ2v) is 3.39. The molecule has 0 saturated carbocycles. The van der Waals surface area contributed by atoms with Crippen LogP contribution in [0.1, 0.15) is 5.56 Å². The van der Waals surface area contributed by atoms with E-state index in [9.17, 15) is 13.2 Å². The van der Waals surface area contributed by atoms with Gasteiger partial charge in [-0.25, -0.2) is 0 Å². The summed E-state index contributed by atoms with van der Waals surface area (Å²) in [4.78, 5) is 0. The molecule has 0 amide bonds. The van der Waals surface area contributed by atoms with Crippen molar-refractivity contribution < 1.29 is 13.2 Å². The first kappa shape index (κ1) is 11.4. The number of allylic oxidation sites excluding steroid dienone is 1. The van der Waals surface area contributed by atoms with Gasteiger partial charge in [0, 0.05) is 5.02 Å². The van der Waals surface area contributed by atoms with Gasteiger partial charge in [0.15, 0.2) is 0 Å². The molecular formula is C9H5Cl2F3. The van der Waals surface area contributed by atoms with E-state index in [1.165, 1.54) is 12.1 Å². The van der Waals surface area contributed by atoms with Gasteiger partial charge in [-0.3, -0.25) is 0 Å². The Kier molecular flexibility index (Phi) is 3.45. The standard InChI is InChI=1S/C9H5Cl2F3/c10-7-3-1-2-6(4-7)5-8(11)9(12,13)14/h1-5H/b8-5+. The van der Waals surface area contributed by atoms with E-state index in [-0.39, 0.29) is 0 Å². The lowest BCUT2D eigenvalue weighted by molar-refractivity contribution is -0.0836. The van der Waals surface area contributed by atoms with E-state index in [2.05, 4.69) is 0 Å². The van der Waals surface area contributed by atoms with Crippen molar-refractivity contribution in [2.45, 2.75) is 6.18 Å². The second-order valence-electron chi connectivity index (χ2n) is 2.55. The van der Waals surface area contributed by atoms with Crippen LogP contribution in [0, 0.1) is 0 Å². The Morgan fingerprint density at radius 3 is 2.43 bits per heavy atom. The van der Waals surface area contributed by atoms with E-state index in [0.717, 1.165) is 6.08 Å². The number of halogens is 5. The van der Waals surface area contributed by atoms with Gasteiger partial charge in [0.2, 0.25) is 0 Å². The molecule has 1 aromatic carbocycles. The van der Waals surface area contributed by atoms with E-state index in [4.69, 9.17) is 23.2 Å². The van der Waals surface area contributed by atoms with Crippen LogP contribution in [0.2, 0.25) is 5.02 Å². The summed E-state index contributed by atoms with van der Waals surface area (Å²) in [7, 11) is 0. The van der Waals surface area contributed by atoms with E-state index < -0.39 is 11.2 Å². The van der Waals surface area contributed by atoms with Crippen LogP contribution >= 0.6 is 23.2 Å². The molecule has 0 bridgehead atoms. The van der Waals surface area contributed by atoms with Crippen molar-refractivity contribution in [3.63, 3.8) is 0 Å². The average molecular weight is 241 g/mol. The van der Waals surface area contributed by atoms with Crippen molar-refractivity contribution in [3.05, 3.63) is 39.9 Å². The maximum absolute atomic E-state index is 12.0. The molecule has 0 saturated heterocycles. The normalized spacial score (nSPS) is 13.1. The van der Waals surface area contributed by atoms with Gasteiger partial charge in [-0.15, -0.1) is 0 Å². The van der Waals surface area contributed by atoms with Crippen molar-refractivity contribution in [3.8, 4) is 0 Å². The molecule has 0 aliphatic rings. The van der Waals surface area contributed by atoms with Crippen LogP contribution < -0.4 is 0 Å². The van der Waals surface area contributed by atoms with E-state index in [1.54, 1.807) is 12.1 Å². The van der Waals surface area contributed by atoms with Crippen LogP contribution in [0.15, 0.2) is 29.3 Å². The van der Waals surface area contributed by atoms with Crippen LogP contribution in [0.3, 0.4) is 0 Å². The first-order valence-electron chi connectivity index (χ1n) is 3.59. The third kappa shape index (κ3) is 3.24. The highest BCUT2D eigenvalue weighted by Crippen LogP contribution is 2.30. The molecule has 14 heavy (non-hydrogen) atoms. The minimum atomic E-state index is -4.51. The fourth-order valence-corrected chi connectivity index (χ4v) is 1.15. The summed E-state index contributed by atoms with van der Waals surface area (Å²) >= 11 is 10.6.